The molecule has 0 radical (unpaired) electrons. The Morgan fingerprint density at radius 3 is 2.22 bits per heavy atom. The number of aromatic nitrogens is 2. The van der Waals surface area contributed by atoms with E-state index in [1.54, 1.807) is 11.9 Å². The van der Waals surface area contributed by atoms with Gasteiger partial charge in [-0.1, -0.05) is 12.0 Å². The number of azo groups is 1. The number of benzene rings is 2. The van der Waals surface area contributed by atoms with Crippen LogP contribution < -0.4 is 5.56 Å². The van der Waals surface area contributed by atoms with Gasteiger partial charge < -0.3 is 10.0 Å². The van der Waals surface area contributed by atoms with Crippen LogP contribution in [0.2, 0.25) is 0 Å². The highest BCUT2D eigenvalue weighted by atomic mass is 32.3. The Bertz CT molecular complexity index is 1970. The summed E-state index contributed by atoms with van der Waals surface area (Å²) in [5.41, 5.74) is -2.50. The number of aromatic carboxylic acids is 1. The van der Waals surface area contributed by atoms with E-state index in [1.807, 2.05) is 6.92 Å². The van der Waals surface area contributed by atoms with Gasteiger partial charge in [0.2, 0.25) is 0 Å². The third-order valence-corrected chi connectivity index (χ3v) is 10.6. The zero-order valence-electron chi connectivity index (χ0n) is 23.8. The highest BCUT2D eigenvalue weighted by Crippen LogP contribution is 2.34. The molecular weight excluding hydrogens is 699 g/mol. The maximum absolute atomic E-state index is 13.2. The van der Waals surface area contributed by atoms with Crippen LogP contribution in [-0.2, 0) is 43.6 Å². The number of carboxylic acids is 1. The Kier molecular flexibility index (Phi) is 12.4. The van der Waals surface area contributed by atoms with Crippen molar-refractivity contribution in [3.8, 4) is 5.69 Å². The largest absolute Gasteiger partial charge is 0.476 e. The van der Waals surface area contributed by atoms with Gasteiger partial charge in [0, 0.05) is 6.54 Å². The molecule has 0 aliphatic rings. The summed E-state index contributed by atoms with van der Waals surface area (Å²) < 4.78 is 89.6. The lowest BCUT2D eigenvalue weighted by molar-refractivity contribution is -0.432. The van der Waals surface area contributed by atoms with Gasteiger partial charge in [-0.2, -0.15) is 8.42 Å². The summed E-state index contributed by atoms with van der Waals surface area (Å²) >= 11 is 0.360. The summed E-state index contributed by atoms with van der Waals surface area (Å²) in [5.74, 6) is -2.62. The van der Waals surface area contributed by atoms with Crippen molar-refractivity contribution < 1.29 is 58.5 Å². The minimum absolute atomic E-state index is 0.0184. The maximum Gasteiger partial charge on any atom is 0.397 e. The third kappa shape index (κ3) is 9.74. The number of nitrogens with zero attached hydrogens (tertiary/aromatic N) is 4. The molecule has 0 aliphatic carbocycles. The molecule has 0 aliphatic heterocycles. The van der Waals surface area contributed by atoms with Crippen molar-refractivity contribution in [2.24, 2.45) is 10.2 Å². The molecule has 0 spiro atoms. The van der Waals surface area contributed by atoms with Crippen LogP contribution in [0, 0.1) is 0 Å². The average molecular weight is 726 g/mol. The SMILES string of the molecule is CCN(C)CCS(=O)(=O)c1ccc(N=Nc2c(C(=O)O)[nH]n(-c3ccc(S(=O)(=O)CCOS(=O)(=O)O)cc3)c2=O)c(SOOO)c1. The molecule has 3 aromatic rings. The minimum atomic E-state index is -4.85. The van der Waals surface area contributed by atoms with Crippen LogP contribution in [0.3, 0.4) is 0 Å². The zero-order chi connectivity index (χ0) is 34.3. The predicted molar refractivity (Wildman–Crippen MR) is 159 cm³/mol. The van der Waals surface area contributed by atoms with E-state index in [0.717, 1.165) is 35.0 Å². The monoisotopic (exact) mass is 725 g/mol. The summed E-state index contributed by atoms with van der Waals surface area (Å²) in [4.78, 5) is 26.4. The second-order valence-electron chi connectivity index (χ2n) is 9.11. The van der Waals surface area contributed by atoms with E-state index in [9.17, 15) is 39.9 Å². The first-order chi connectivity index (χ1) is 21.5. The van der Waals surface area contributed by atoms with Crippen LogP contribution in [0.15, 0.2) is 72.2 Å². The summed E-state index contributed by atoms with van der Waals surface area (Å²) in [6.07, 6.45) is 0. The van der Waals surface area contributed by atoms with Crippen LogP contribution in [0.4, 0.5) is 11.4 Å². The van der Waals surface area contributed by atoms with Crippen molar-refractivity contribution in [2.45, 2.75) is 21.6 Å². The summed E-state index contributed by atoms with van der Waals surface area (Å²) in [6, 6.07) is 8.04. The lowest BCUT2D eigenvalue weighted by Gasteiger charge is -2.14. The predicted octanol–water partition coefficient (Wildman–Crippen LogP) is 2.03. The fourth-order valence-corrected chi connectivity index (χ4v) is 6.96. The van der Waals surface area contributed by atoms with Gasteiger partial charge in [-0.05, 0) is 56.1 Å². The normalized spacial score (nSPS) is 12.7. The summed E-state index contributed by atoms with van der Waals surface area (Å²) in [7, 11) is -10.9. The lowest BCUT2D eigenvalue weighted by atomic mass is 10.3. The first-order valence-electron chi connectivity index (χ1n) is 12.6. The number of hydrogen-bond donors (Lipinski definition) is 4. The Balaban J connectivity index is 1.95. The average Bonchev–Trinajstić information content (AvgIpc) is 3.33. The van der Waals surface area contributed by atoms with Crippen LogP contribution in [0.5, 0.6) is 0 Å². The molecule has 3 rings (SSSR count). The first kappa shape index (κ1) is 36.9. The van der Waals surface area contributed by atoms with E-state index in [2.05, 4.69) is 28.9 Å². The molecule has 0 bridgehead atoms. The molecule has 0 saturated heterocycles. The van der Waals surface area contributed by atoms with Crippen molar-refractivity contribution in [3.63, 3.8) is 0 Å². The maximum atomic E-state index is 13.2. The van der Waals surface area contributed by atoms with E-state index < -0.39 is 65.3 Å². The zero-order valence-corrected chi connectivity index (χ0v) is 27.1. The van der Waals surface area contributed by atoms with Gasteiger partial charge in [-0.3, -0.25) is 14.4 Å². The lowest BCUT2D eigenvalue weighted by Crippen LogP contribution is -2.25. The molecule has 19 nitrogen and oxygen atoms in total. The number of nitrogens with one attached hydrogen (secondary N) is 1. The first-order valence-corrected chi connectivity index (χ1v) is 18.1. The third-order valence-electron chi connectivity index (χ3n) is 6.10. The van der Waals surface area contributed by atoms with Crippen LogP contribution >= 0.6 is 12.0 Å². The molecular formula is C23H27N5O14S4. The highest BCUT2D eigenvalue weighted by Gasteiger charge is 2.23. The van der Waals surface area contributed by atoms with Crippen molar-refractivity contribution in [1.82, 2.24) is 14.7 Å². The van der Waals surface area contributed by atoms with Crippen molar-refractivity contribution in [3.05, 3.63) is 58.5 Å². The number of aromatic amines is 1. The summed E-state index contributed by atoms with van der Waals surface area (Å²) in [6.45, 7) is 1.89. The molecule has 4 N–H and O–H groups in total. The van der Waals surface area contributed by atoms with Gasteiger partial charge in [-0.25, -0.2) is 35.8 Å². The van der Waals surface area contributed by atoms with Gasteiger partial charge in [0.05, 0.1) is 50.5 Å². The number of carboxylic acid groups (broad SMARTS) is 1. The molecule has 2 aromatic carbocycles. The minimum Gasteiger partial charge on any atom is -0.476 e. The van der Waals surface area contributed by atoms with E-state index in [0.29, 0.717) is 18.6 Å². The van der Waals surface area contributed by atoms with Gasteiger partial charge in [0.15, 0.2) is 31.1 Å². The van der Waals surface area contributed by atoms with Crippen molar-refractivity contribution in [2.75, 3.05) is 38.2 Å². The van der Waals surface area contributed by atoms with Crippen molar-refractivity contribution in [1.29, 1.82) is 0 Å². The molecule has 0 amide bonds. The number of sulfone groups is 2. The summed E-state index contributed by atoms with van der Waals surface area (Å²) in [5, 5.41) is 31.8. The smallest absolute Gasteiger partial charge is 0.397 e. The molecule has 46 heavy (non-hydrogen) atoms. The van der Waals surface area contributed by atoms with E-state index in [4.69, 9.17) is 9.81 Å². The molecule has 23 heteroatoms. The van der Waals surface area contributed by atoms with E-state index in [1.165, 1.54) is 12.1 Å². The number of rotatable bonds is 17. The molecule has 1 aromatic heterocycles. The van der Waals surface area contributed by atoms with Crippen LogP contribution in [0.25, 0.3) is 5.69 Å². The molecule has 0 saturated carbocycles. The fourth-order valence-electron chi connectivity index (χ4n) is 3.57. The molecule has 0 unspecified atom stereocenters. The Hall–Kier alpha value is -3.52. The second kappa shape index (κ2) is 15.4. The topological polar surface area (TPSA) is 274 Å². The Morgan fingerprint density at radius 2 is 1.63 bits per heavy atom. The number of H-pyrrole nitrogens is 1. The van der Waals surface area contributed by atoms with Gasteiger partial charge in [0.1, 0.15) is 5.69 Å². The quantitative estimate of drug-likeness (QED) is 0.0509. The molecule has 252 valence electrons. The fraction of sp³-hybridized carbons (Fsp3) is 0.304. The van der Waals surface area contributed by atoms with Gasteiger partial charge >= 0.3 is 16.4 Å². The number of hydrogen-bond acceptors (Lipinski definition) is 16. The molecule has 1 heterocycles. The van der Waals surface area contributed by atoms with Gasteiger partial charge in [0.25, 0.3) is 5.56 Å². The van der Waals surface area contributed by atoms with Crippen LogP contribution in [-0.4, -0.2) is 99.1 Å². The Labute approximate surface area is 266 Å². The van der Waals surface area contributed by atoms with E-state index in [-0.39, 0.29) is 38.4 Å². The molecule has 0 fully saturated rings. The van der Waals surface area contributed by atoms with Gasteiger partial charge in [-0.15, -0.1) is 14.6 Å². The van der Waals surface area contributed by atoms with Crippen molar-refractivity contribution >= 4 is 59.5 Å². The van der Waals surface area contributed by atoms with E-state index >= 15 is 0 Å². The molecule has 0 atom stereocenters. The van der Waals surface area contributed by atoms with Crippen LogP contribution in [0.1, 0.15) is 17.4 Å². The Morgan fingerprint density at radius 1 is 1.00 bits per heavy atom. The second-order valence-corrected chi connectivity index (χ2v) is 15.2. The standard InChI is InChI=1S/C23H27N5O14S4/c1-3-27(2)10-12-44(33,34)17-8-9-18(19(14-17)43-42-41-32)24-25-20-21(23(30)31)26-28(22(20)29)15-4-6-16(7-5-15)45(35,36)13-11-40-46(37,38)39/h4-9,14,26,32H,3,10-13H2,1-2H3,(H,30,31)(H,37,38,39). The highest BCUT2D eigenvalue weighted by molar-refractivity contribution is 7.95. The number of carbonyl (C=O) groups is 1.